The molecule has 124 valence electrons. The molecular formula is C16H21ClN4O2. The molecule has 0 saturated carbocycles. The third-order valence-corrected chi connectivity index (χ3v) is 3.46. The molecule has 1 heterocycles. The van der Waals surface area contributed by atoms with Gasteiger partial charge in [-0.25, -0.2) is 4.79 Å². The molecular weight excluding hydrogens is 316 g/mol. The van der Waals surface area contributed by atoms with Gasteiger partial charge < -0.3 is 15.4 Å². The van der Waals surface area contributed by atoms with Gasteiger partial charge in [-0.1, -0.05) is 23.7 Å². The summed E-state index contributed by atoms with van der Waals surface area (Å²) >= 11 is 5.96. The number of amides is 2. The highest BCUT2D eigenvalue weighted by Crippen LogP contribution is 2.12. The van der Waals surface area contributed by atoms with Gasteiger partial charge in [0.2, 0.25) is 0 Å². The first-order valence-electron chi connectivity index (χ1n) is 7.40. The van der Waals surface area contributed by atoms with Crippen molar-refractivity contribution in [3.63, 3.8) is 0 Å². The Morgan fingerprint density at radius 3 is 3.04 bits per heavy atom. The van der Waals surface area contributed by atoms with E-state index in [0.29, 0.717) is 30.3 Å². The van der Waals surface area contributed by atoms with E-state index in [9.17, 15) is 4.79 Å². The summed E-state index contributed by atoms with van der Waals surface area (Å²) in [7, 11) is 1.64. The molecule has 2 rings (SSSR count). The average molecular weight is 337 g/mol. The highest BCUT2D eigenvalue weighted by molar-refractivity contribution is 6.30. The maximum absolute atomic E-state index is 12.0. The normalized spacial score (nSPS) is 12.0. The molecule has 0 radical (unpaired) electrons. The van der Waals surface area contributed by atoms with Crippen molar-refractivity contribution in [1.82, 2.24) is 15.1 Å². The first kappa shape index (κ1) is 17.3. The van der Waals surface area contributed by atoms with E-state index in [1.807, 2.05) is 31.2 Å². The summed E-state index contributed by atoms with van der Waals surface area (Å²) in [6, 6.07) is 7.35. The van der Waals surface area contributed by atoms with Gasteiger partial charge in [-0.3, -0.25) is 4.68 Å². The molecule has 0 saturated heterocycles. The number of urea groups is 1. The first-order chi connectivity index (χ1) is 11.1. The Morgan fingerprint density at radius 2 is 2.30 bits per heavy atom. The summed E-state index contributed by atoms with van der Waals surface area (Å²) in [6.45, 7) is 3.16. The van der Waals surface area contributed by atoms with Gasteiger partial charge in [-0.05, 0) is 31.0 Å². The highest BCUT2D eigenvalue weighted by Gasteiger charge is 2.09. The maximum atomic E-state index is 12.0. The van der Waals surface area contributed by atoms with Gasteiger partial charge in [0.05, 0.1) is 25.0 Å². The number of nitrogens with zero attached hydrogens (tertiary/aromatic N) is 2. The number of hydrogen-bond acceptors (Lipinski definition) is 3. The number of nitrogens with one attached hydrogen (secondary N) is 2. The second kappa shape index (κ2) is 8.55. The minimum atomic E-state index is -0.259. The molecule has 0 fully saturated rings. The van der Waals surface area contributed by atoms with E-state index in [0.717, 1.165) is 5.56 Å². The number of rotatable bonds is 7. The largest absolute Gasteiger partial charge is 0.383 e. The van der Waals surface area contributed by atoms with Crippen LogP contribution in [0.2, 0.25) is 5.02 Å². The summed E-state index contributed by atoms with van der Waals surface area (Å²) in [5, 5.41) is 10.5. The van der Waals surface area contributed by atoms with E-state index < -0.39 is 0 Å². The van der Waals surface area contributed by atoms with Gasteiger partial charge in [-0.15, -0.1) is 0 Å². The van der Waals surface area contributed by atoms with Crippen LogP contribution >= 0.6 is 11.6 Å². The zero-order valence-electron chi connectivity index (χ0n) is 13.3. The molecule has 0 aliphatic rings. The third-order valence-electron chi connectivity index (χ3n) is 3.22. The summed E-state index contributed by atoms with van der Waals surface area (Å²) in [5.74, 6) is 0. The predicted molar refractivity (Wildman–Crippen MR) is 90.9 cm³/mol. The van der Waals surface area contributed by atoms with Crippen molar-refractivity contribution in [3.8, 4) is 0 Å². The molecule has 0 bridgehead atoms. The summed E-state index contributed by atoms with van der Waals surface area (Å²) < 4.78 is 6.70. The zero-order chi connectivity index (χ0) is 16.7. The Bertz CT molecular complexity index is 645. The fourth-order valence-corrected chi connectivity index (χ4v) is 2.41. The van der Waals surface area contributed by atoms with Crippen LogP contribution in [-0.2, 0) is 17.7 Å². The number of hydrogen-bond donors (Lipinski definition) is 2. The molecule has 2 N–H and O–H groups in total. The Morgan fingerprint density at radius 1 is 1.48 bits per heavy atom. The van der Waals surface area contributed by atoms with Crippen LogP contribution in [0.4, 0.5) is 10.5 Å². The number of halogens is 1. The number of methoxy groups -OCH3 is 1. The number of carbonyl (C=O) groups is 1. The van der Waals surface area contributed by atoms with Crippen LogP contribution in [0, 0.1) is 0 Å². The Balaban J connectivity index is 1.80. The molecule has 0 spiro atoms. The molecule has 0 unspecified atom stereocenters. The second-order valence-corrected chi connectivity index (χ2v) is 5.75. The topological polar surface area (TPSA) is 68.2 Å². The van der Waals surface area contributed by atoms with Crippen LogP contribution in [-0.4, -0.2) is 35.6 Å². The highest BCUT2D eigenvalue weighted by atomic mass is 35.5. The average Bonchev–Trinajstić information content (AvgIpc) is 2.92. The maximum Gasteiger partial charge on any atom is 0.319 e. The smallest absolute Gasteiger partial charge is 0.319 e. The lowest BCUT2D eigenvalue weighted by molar-refractivity contribution is 0.183. The van der Waals surface area contributed by atoms with Crippen molar-refractivity contribution in [2.24, 2.45) is 0 Å². The van der Waals surface area contributed by atoms with Crippen LogP contribution in [0.15, 0.2) is 36.7 Å². The molecule has 2 amide bonds. The minimum absolute atomic E-state index is 0.0167. The quantitative estimate of drug-likeness (QED) is 0.816. The molecule has 7 heteroatoms. The number of carbonyl (C=O) groups excluding carboxylic acids is 1. The van der Waals surface area contributed by atoms with Crippen LogP contribution < -0.4 is 10.6 Å². The standard InChI is InChI=1S/C16H21ClN4O2/c1-12(8-13-4-3-5-14(17)9-13)19-16(22)20-15-10-18-21(11-15)6-7-23-2/h3-5,9-12H,6-8H2,1-2H3,(H2,19,20,22)/t12-/m1/s1. The van der Waals surface area contributed by atoms with Gasteiger partial charge in [0.1, 0.15) is 0 Å². The van der Waals surface area contributed by atoms with Gasteiger partial charge >= 0.3 is 6.03 Å². The molecule has 6 nitrogen and oxygen atoms in total. The molecule has 0 aliphatic carbocycles. The van der Waals surface area contributed by atoms with Crippen LogP contribution in [0.5, 0.6) is 0 Å². The minimum Gasteiger partial charge on any atom is -0.383 e. The predicted octanol–water partition coefficient (Wildman–Crippen LogP) is 2.94. The third kappa shape index (κ3) is 5.92. The molecule has 1 aromatic heterocycles. The molecule has 2 aromatic rings. The van der Waals surface area contributed by atoms with Gasteiger partial charge in [0, 0.05) is 24.4 Å². The monoisotopic (exact) mass is 336 g/mol. The second-order valence-electron chi connectivity index (χ2n) is 5.32. The van der Waals surface area contributed by atoms with Crippen molar-refractivity contribution < 1.29 is 9.53 Å². The molecule has 1 atom stereocenters. The van der Waals surface area contributed by atoms with E-state index >= 15 is 0 Å². The van der Waals surface area contributed by atoms with Crippen molar-refractivity contribution in [3.05, 3.63) is 47.2 Å². The lowest BCUT2D eigenvalue weighted by Gasteiger charge is -2.14. The van der Waals surface area contributed by atoms with Crippen molar-refractivity contribution >= 4 is 23.3 Å². The Kier molecular flexibility index (Phi) is 6.43. The van der Waals surface area contributed by atoms with Crippen LogP contribution in [0.1, 0.15) is 12.5 Å². The van der Waals surface area contributed by atoms with Crippen LogP contribution in [0.3, 0.4) is 0 Å². The lowest BCUT2D eigenvalue weighted by Crippen LogP contribution is -2.37. The van der Waals surface area contributed by atoms with E-state index in [1.54, 1.807) is 24.2 Å². The van der Waals surface area contributed by atoms with Crippen molar-refractivity contribution in [2.75, 3.05) is 19.0 Å². The van der Waals surface area contributed by atoms with Crippen molar-refractivity contribution in [2.45, 2.75) is 25.9 Å². The Hall–Kier alpha value is -2.05. The van der Waals surface area contributed by atoms with Gasteiger partial charge in [0.25, 0.3) is 0 Å². The van der Waals surface area contributed by atoms with Crippen LogP contribution in [0.25, 0.3) is 0 Å². The SMILES string of the molecule is COCCn1cc(NC(=O)N[C@H](C)Cc2cccc(Cl)c2)cn1. The lowest BCUT2D eigenvalue weighted by atomic mass is 10.1. The molecule has 0 aliphatic heterocycles. The summed E-state index contributed by atoms with van der Waals surface area (Å²) in [6.07, 6.45) is 4.08. The fourth-order valence-electron chi connectivity index (χ4n) is 2.19. The van der Waals surface area contributed by atoms with Gasteiger partial charge in [0.15, 0.2) is 0 Å². The van der Waals surface area contributed by atoms with E-state index in [4.69, 9.17) is 16.3 Å². The zero-order valence-corrected chi connectivity index (χ0v) is 14.0. The number of benzene rings is 1. The van der Waals surface area contributed by atoms with Crippen molar-refractivity contribution in [1.29, 1.82) is 0 Å². The number of ether oxygens (including phenoxy) is 1. The summed E-state index contributed by atoms with van der Waals surface area (Å²) in [4.78, 5) is 12.0. The van der Waals surface area contributed by atoms with E-state index in [1.165, 1.54) is 0 Å². The van der Waals surface area contributed by atoms with E-state index in [-0.39, 0.29) is 12.1 Å². The number of anilines is 1. The van der Waals surface area contributed by atoms with E-state index in [2.05, 4.69) is 15.7 Å². The summed E-state index contributed by atoms with van der Waals surface area (Å²) in [5.41, 5.74) is 1.73. The fraction of sp³-hybridized carbons (Fsp3) is 0.375. The van der Waals surface area contributed by atoms with Gasteiger partial charge in [-0.2, -0.15) is 5.10 Å². The molecule has 23 heavy (non-hydrogen) atoms. The Labute approximate surface area is 140 Å². The first-order valence-corrected chi connectivity index (χ1v) is 7.78. The number of aromatic nitrogens is 2. The molecule has 1 aromatic carbocycles.